The fourth-order valence-corrected chi connectivity index (χ4v) is 7.67. The van der Waals surface area contributed by atoms with Gasteiger partial charge in [0.1, 0.15) is 0 Å². The highest BCUT2D eigenvalue weighted by Gasteiger charge is 2.33. The monoisotopic (exact) mass is 706 g/mol. The van der Waals surface area contributed by atoms with Crippen molar-refractivity contribution in [2.24, 2.45) is 0 Å². The van der Waals surface area contributed by atoms with E-state index in [4.69, 9.17) is 4.98 Å². The highest BCUT2D eigenvalue weighted by molar-refractivity contribution is 6.01. The number of alkyl halides is 3. The first kappa shape index (κ1) is 35.3. The molecule has 0 saturated carbocycles. The van der Waals surface area contributed by atoms with Crippen LogP contribution in [-0.4, -0.2) is 45.0 Å². The van der Waals surface area contributed by atoms with Gasteiger partial charge in [0, 0.05) is 35.5 Å². The number of amides is 2. The zero-order valence-electron chi connectivity index (χ0n) is 29.4. The van der Waals surface area contributed by atoms with Gasteiger partial charge in [-0.25, -0.2) is 0 Å². The summed E-state index contributed by atoms with van der Waals surface area (Å²) >= 11 is 0. The Morgan fingerprint density at radius 1 is 0.904 bits per heavy atom. The third-order valence-corrected chi connectivity index (χ3v) is 10.6. The Hall–Kier alpha value is -5.16. The molecule has 0 bridgehead atoms. The fraction of sp³-hybridized carbons (Fsp3) is 0.341. The maximum absolute atomic E-state index is 13.6. The molecule has 2 aromatic heterocycles. The van der Waals surface area contributed by atoms with Gasteiger partial charge >= 0.3 is 6.18 Å². The van der Waals surface area contributed by atoms with Crippen molar-refractivity contribution >= 4 is 28.4 Å². The SMILES string of the molecule is Cc1c([C@@H](C)Nc2nnc(C)c3cnc(-c4cccc(CN5CCC(c6ccc(C7CCC(=O)NC7=O)cc6)CC5)c4)cc23)cccc1C(F)(F)F. The van der Waals surface area contributed by atoms with Gasteiger partial charge in [-0.2, -0.15) is 18.3 Å². The Morgan fingerprint density at radius 2 is 1.63 bits per heavy atom. The van der Waals surface area contributed by atoms with E-state index in [9.17, 15) is 22.8 Å². The molecule has 2 aliphatic rings. The van der Waals surface area contributed by atoms with Crippen LogP contribution in [0.5, 0.6) is 0 Å². The van der Waals surface area contributed by atoms with Crippen molar-refractivity contribution < 1.29 is 22.8 Å². The molecule has 3 aromatic carbocycles. The smallest absolute Gasteiger partial charge is 0.362 e. The number of aryl methyl sites for hydroxylation is 1. The number of nitrogens with zero attached hydrogens (tertiary/aromatic N) is 4. The second-order valence-electron chi connectivity index (χ2n) is 14.1. The van der Waals surface area contributed by atoms with Crippen LogP contribution in [0.3, 0.4) is 0 Å². The van der Waals surface area contributed by atoms with Crippen LogP contribution in [0.25, 0.3) is 22.0 Å². The summed E-state index contributed by atoms with van der Waals surface area (Å²) in [7, 11) is 0. The lowest BCUT2D eigenvalue weighted by atomic mass is 9.86. The molecule has 4 heterocycles. The van der Waals surface area contributed by atoms with Crippen molar-refractivity contribution in [1.82, 2.24) is 25.4 Å². The van der Waals surface area contributed by atoms with Crippen molar-refractivity contribution in [3.8, 4) is 11.3 Å². The average Bonchev–Trinajstić information content (AvgIpc) is 3.13. The number of pyridine rings is 1. The van der Waals surface area contributed by atoms with Crippen LogP contribution < -0.4 is 10.6 Å². The average molecular weight is 707 g/mol. The number of likely N-dealkylation sites (tertiary alicyclic amines) is 1. The van der Waals surface area contributed by atoms with E-state index >= 15 is 0 Å². The second kappa shape index (κ2) is 14.5. The van der Waals surface area contributed by atoms with Gasteiger partial charge in [-0.1, -0.05) is 54.6 Å². The lowest BCUT2D eigenvalue weighted by Crippen LogP contribution is -2.39. The lowest BCUT2D eigenvalue weighted by molar-refractivity contribution is -0.138. The van der Waals surface area contributed by atoms with Gasteiger partial charge in [0.25, 0.3) is 0 Å². The standard InChI is InChI=1S/C41H41F3N6O2/c1-24-32(8-5-9-36(24)41(42,43)44)25(2)46-39-34-21-37(45-22-35(34)26(3)48-49-39)31-7-4-6-27(20-31)23-50-18-16-29(17-19-50)28-10-12-30(13-11-28)33-14-15-38(51)47-40(33)52/h4-13,20-22,25,29,33H,14-19,23H2,1-3H3,(H,46,49)(H,47,51,52)/t25-,33?/m1/s1. The van der Waals surface area contributed by atoms with Gasteiger partial charge in [0.15, 0.2) is 5.82 Å². The van der Waals surface area contributed by atoms with E-state index in [1.807, 2.05) is 44.2 Å². The number of hydrogen-bond donors (Lipinski definition) is 2. The summed E-state index contributed by atoms with van der Waals surface area (Å²) in [5.41, 5.74) is 5.96. The minimum Gasteiger partial charge on any atom is -0.362 e. The molecular formula is C41H41F3N6O2. The predicted octanol–water partition coefficient (Wildman–Crippen LogP) is 8.40. The fourth-order valence-electron chi connectivity index (χ4n) is 7.67. The van der Waals surface area contributed by atoms with Crippen molar-refractivity contribution in [2.45, 2.75) is 77.1 Å². The Balaban J connectivity index is 1.03. The maximum atomic E-state index is 13.6. The van der Waals surface area contributed by atoms with E-state index in [1.165, 1.54) is 24.1 Å². The molecule has 8 nitrogen and oxygen atoms in total. The minimum atomic E-state index is -4.43. The molecule has 2 amide bonds. The van der Waals surface area contributed by atoms with Crippen molar-refractivity contribution in [3.05, 3.63) is 118 Å². The third-order valence-electron chi connectivity index (χ3n) is 10.6. The summed E-state index contributed by atoms with van der Waals surface area (Å²) < 4.78 is 40.9. The number of imide groups is 1. The molecule has 2 saturated heterocycles. The van der Waals surface area contributed by atoms with Gasteiger partial charge in [0.05, 0.1) is 28.9 Å². The summed E-state index contributed by atoms with van der Waals surface area (Å²) in [6.45, 7) is 7.93. The maximum Gasteiger partial charge on any atom is 0.416 e. The number of rotatable bonds is 8. The number of hydrogen-bond acceptors (Lipinski definition) is 7. The number of benzene rings is 3. The molecule has 1 unspecified atom stereocenters. The molecule has 5 aromatic rings. The summed E-state index contributed by atoms with van der Waals surface area (Å²) in [6, 6.07) is 22.5. The number of anilines is 1. The first-order valence-electron chi connectivity index (χ1n) is 17.8. The Kier molecular flexibility index (Phi) is 9.80. The Bertz CT molecular complexity index is 2130. The molecule has 2 N–H and O–H groups in total. The Morgan fingerprint density at radius 3 is 2.37 bits per heavy atom. The number of piperidine rings is 2. The van der Waals surface area contributed by atoms with E-state index in [-0.39, 0.29) is 23.3 Å². The van der Waals surface area contributed by atoms with Crippen LogP contribution in [0.1, 0.15) is 89.6 Å². The molecule has 2 fully saturated rings. The number of aromatic nitrogens is 3. The van der Waals surface area contributed by atoms with Crippen LogP contribution in [-0.2, 0) is 22.3 Å². The summed E-state index contributed by atoms with van der Waals surface area (Å²) in [4.78, 5) is 31.1. The molecule has 2 atom stereocenters. The van der Waals surface area contributed by atoms with Crippen LogP contribution in [0, 0.1) is 13.8 Å². The van der Waals surface area contributed by atoms with E-state index in [2.05, 4.69) is 50.0 Å². The van der Waals surface area contributed by atoms with Crippen LogP contribution in [0.2, 0.25) is 0 Å². The summed E-state index contributed by atoms with van der Waals surface area (Å²) in [6.07, 6.45) is 0.362. The number of nitrogens with one attached hydrogen (secondary N) is 2. The van der Waals surface area contributed by atoms with Crippen LogP contribution in [0.4, 0.5) is 19.0 Å². The highest BCUT2D eigenvalue weighted by atomic mass is 19.4. The van der Waals surface area contributed by atoms with Crippen LogP contribution in [0.15, 0.2) is 79.0 Å². The van der Waals surface area contributed by atoms with Crippen molar-refractivity contribution in [2.75, 3.05) is 18.4 Å². The number of fused-ring (bicyclic) bond motifs is 1. The molecule has 11 heteroatoms. The van der Waals surface area contributed by atoms with E-state index in [0.717, 1.165) is 66.1 Å². The molecule has 7 rings (SSSR count). The Labute approximate surface area is 300 Å². The third kappa shape index (κ3) is 7.41. The molecule has 0 radical (unpaired) electrons. The molecule has 0 spiro atoms. The quantitative estimate of drug-likeness (QED) is 0.156. The van der Waals surface area contributed by atoms with Gasteiger partial charge in [0.2, 0.25) is 11.8 Å². The van der Waals surface area contributed by atoms with Gasteiger partial charge in [-0.05, 0) is 105 Å². The van der Waals surface area contributed by atoms with E-state index < -0.39 is 17.8 Å². The number of halogens is 3. The zero-order chi connectivity index (χ0) is 36.6. The van der Waals surface area contributed by atoms with Crippen LogP contribution >= 0.6 is 0 Å². The lowest BCUT2D eigenvalue weighted by Gasteiger charge is -2.32. The minimum absolute atomic E-state index is 0.184. The normalized spacial score (nSPS) is 18.0. The van der Waals surface area contributed by atoms with Gasteiger partial charge in [-0.3, -0.25) is 24.8 Å². The molecular weight excluding hydrogens is 665 g/mol. The summed E-state index contributed by atoms with van der Waals surface area (Å²) in [5.74, 6) is 0.266. The van der Waals surface area contributed by atoms with Gasteiger partial charge < -0.3 is 5.32 Å². The topological polar surface area (TPSA) is 100 Å². The van der Waals surface area contributed by atoms with Crippen molar-refractivity contribution in [1.29, 1.82) is 0 Å². The zero-order valence-corrected chi connectivity index (χ0v) is 29.4. The van der Waals surface area contributed by atoms with E-state index in [0.29, 0.717) is 35.8 Å². The molecule has 52 heavy (non-hydrogen) atoms. The first-order valence-corrected chi connectivity index (χ1v) is 17.8. The number of carbonyl (C=O) groups excluding carboxylic acids is 2. The first-order chi connectivity index (χ1) is 24.9. The number of carbonyl (C=O) groups is 2. The predicted molar refractivity (Wildman–Crippen MR) is 195 cm³/mol. The van der Waals surface area contributed by atoms with Gasteiger partial charge in [-0.15, -0.1) is 5.10 Å². The van der Waals surface area contributed by atoms with Crippen molar-refractivity contribution in [3.63, 3.8) is 0 Å². The molecule has 0 aliphatic carbocycles. The summed E-state index contributed by atoms with van der Waals surface area (Å²) in [5, 5.41) is 16.1. The van der Waals surface area contributed by atoms with E-state index in [1.54, 1.807) is 12.3 Å². The molecule has 268 valence electrons. The highest BCUT2D eigenvalue weighted by Crippen LogP contribution is 2.37. The molecule has 2 aliphatic heterocycles. The largest absolute Gasteiger partial charge is 0.416 e. The second-order valence-corrected chi connectivity index (χ2v) is 14.1.